The number of nitrogens with zero attached hydrogens (tertiary/aromatic N) is 4. The molecule has 1 rings (SSSR count). The molecule has 78 valence electrons. The van der Waals surface area contributed by atoms with Gasteiger partial charge in [-0.05, 0) is 0 Å². The van der Waals surface area contributed by atoms with Crippen molar-refractivity contribution >= 4 is 29.2 Å². The third-order valence-electron chi connectivity index (χ3n) is 1.73. The standard InChI is InChI=1S/C9H10N4S2/c10-2-1-5-13(9(14)15)7-8-6-11-3-4-12-8/h3-4,6H,1,5,7H2,(H,14,15). The molecule has 0 bridgehead atoms. The molecule has 0 saturated carbocycles. The molecule has 6 heteroatoms. The van der Waals surface area contributed by atoms with Crippen LogP contribution in [0.3, 0.4) is 0 Å². The summed E-state index contributed by atoms with van der Waals surface area (Å²) in [6.07, 6.45) is 5.33. The highest BCUT2D eigenvalue weighted by molar-refractivity contribution is 8.10. The highest BCUT2D eigenvalue weighted by atomic mass is 32.1. The van der Waals surface area contributed by atoms with Crippen molar-refractivity contribution in [1.29, 1.82) is 5.26 Å². The van der Waals surface area contributed by atoms with Crippen molar-refractivity contribution in [3.8, 4) is 6.07 Å². The third-order valence-corrected chi connectivity index (χ3v) is 2.27. The van der Waals surface area contributed by atoms with E-state index in [1.165, 1.54) is 0 Å². The van der Waals surface area contributed by atoms with E-state index in [2.05, 4.69) is 28.7 Å². The van der Waals surface area contributed by atoms with Crippen LogP contribution >= 0.6 is 24.8 Å². The Morgan fingerprint density at radius 3 is 2.93 bits per heavy atom. The maximum Gasteiger partial charge on any atom is 0.133 e. The molecule has 0 spiro atoms. The Labute approximate surface area is 99.4 Å². The summed E-state index contributed by atoms with van der Waals surface area (Å²) in [5, 5.41) is 8.49. The summed E-state index contributed by atoms with van der Waals surface area (Å²) in [5.74, 6) is 0. The van der Waals surface area contributed by atoms with Crippen LogP contribution in [-0.4, -0.2) is 25.7 Å². The molecule has 0 unspecified atom stereocenters. The molecule has 0 aromatic carbocycles. The molecule has 15 heavy (non-hydrogen) atoms. The van der Waals surface area contributed by atoms with E-state index < -0.39 is 0 Å². The van der Waals surface area contributed by atoms with E-state index in [0.29, 0.717) is 23.8 Å². The van der Waals surface area contributed by atoms with E-state index in [9.17, 15) is 0 Å². The maximum absolute atomic E-state index is 8.49. The lowest BCUT2D eigenvalue weighted by atomic mass is 10.3. The fourth-order valence-corrected chi connectivity index (χ4v) is 1.36. The van der Waals surface area contributed by atoms with Crippen molar-refractivity contribution in [3.05, 3.63) is 24.3 Å². The van der Waals surface area contributed by atoms with Gasteiger partial charge in [0, 0.05) is 18.9 Å². The summed E-state index contributed by atoms with van der Waals surface area (Å²) in [6.45, 7) is 1.10. The summed E-state index contributed by atoms with van der Waals surface area (Å²) < 4.78 is 0.468. The van der Waals surface area contributed by atoms with Crippen molar-refractivity contribution < 1.29 is 0 Å². The molecule has 0 atom stereocenters. The summed E-state index contributed by atoms with van der Waals surface area (Å²) in [4.78, 5) is 9.89. The molecule has 0 saturated heterocycles. The second-order valence-electron chi connectivity index (χ2n) is 2.81. The fourth-order valence-electron chi connectivity index (χ4n) is 1.03. The van der Waals surface area contributed by atoms with Gasteiger partial charge in [0.25, 0.3) is 0 Å². The maximum atomic E-state index is 8.49. The number of nitriles is 1. The first-order valence-electron chi connectivity index (χ1n) is 4.33. The molecule has 0 amide bonds. The van der Waals surface area contributed by atoms with Crippen molar-refractivity contribution in [1.82, 2.24) is 14.9 Å². The average molecular weight is 238 g/mol. The molecule has 0 fully saturated rings. The Kier molecular flexibility index (Phi) is 5.01. The van der Waals surface area contributed by atoms with Crippen LogP contribution < -0.4 is 0 Å². The number of hydrogen-bond acceptors (Lipinski definition) is 4. The minimum Gasteiger partial charge on any atom is -0.351 e. The SMILES string of the molecule is N#CCCN(Cc1cnccn1)C(=S)S. The first kappa shape index (κ1) is 11.9. The lowest BCUT2D eigenvalue weighted by Gasteiger charge is -2.20. The topological polar surface area (TPSA) is 52.8 Å². The van der Waals surface area contributed by atoms with Gasteiger partial charge in [0.15, 0.2) is 0 Å². The van der Waals surface area contributed by atoms with Gasteiger partial charge in [-0.2, -0.15) is 5.26 Å². The van der Waals surface area contributed by atoms with Crippen LogP contribution in [0.15, 0.2) is 18.6 Å². The second-order valence-corrected chi connectivity index (χ2v) is 3.92. The quantitative estimate of drug-likeness (QED) is 0.635. The van der Waals surface area contributed by atoms with Gasteiger partial charge < -0.3 is 4.90 Å². The predicted molar refractivity (Wildman–Crippen MR) is 64.3 cm³/mol. The Morgan fingerprint density at radius 2 is 2.40 bits per heavy atom. The van der Waals surface area contributed by atoms with Gasteiger partial charge in [-0.3, -0.25) is 9.97 Å². The normalized spacial score (nSPS) is 9.33. The molecule has 0 aliphatic rings. The number of hydrogen-bond donors (Lipinski definition) is 1. The van der Waals surface area contributed by atoms with Gasteiger partial charge in [0.2, 0.25) is 0 Å². The van der Waals surface area contributed by atoms with Gasteiger partial charge >= 0.3 is 0 Å². The lowest BCUT2D eigenvalue weighted by molar-refractivity contribution is 0.430. The zero-order valence-electron chi connectivity index (χ0n) is 8.00. The van der Waals surface area contributed by atoms with E-state index in [1.54, 1.807) is 18.6 Å². The minimum absolute atomic E-state index is 0.418. The Balaban J connectivity index is 2.60. The first-order valence-corrected chi connectivity index (χ1v) is 5.19. The zero-order chi connectivity index (χ0) is 11.1. The van der Waals surface area contributed by atoms with E-state index in [4.69, 9.17) is 17.5 Å². The van der Waals surface area contributed by atoms with Crippen molar-refractivity contribution in [2.75, 3.05) is 6.54 Å². The third kappa shape index (κ3) is 4.23. The van der Waals surface area contributed by atoms with Crippen LogP contribution in [0.1, 0.15) is 12.1 Å². The highest BCUT2D eigenvalue weighted by Gasteiger charge is 2.07. The van der Waals surface area contributed by atoms with E-state index in [-0.39, 0.29) is 0 Å². The molecule has 4 nitrogen and oxygen atoms in total. The fraction of sp³-hybridized carbons (Fsp3) is 0.333. The molecule has 0 radical (unpaired) electrons. The van der Waals surface area contributed by atoms with E-state index >= 15 is 0 Å². The summed E-state index contributed by atoms with van der Waals surface area (Å²) in [7, 11) is 0. The van der Waals surface area contributed by atoms with Gasteiger partial charge in [-0.25, -0.2) is 0 Å². The number of aromatic nitrogens is 2. The monoisotopic (exact) mass is 238 g/mol. The predicted octanol–water partition coefficient (Wildman–Crippen LogP) is 1.41. The van der Waals surface area contributed by atoms with E-state index in [0.717, 1.165) is 5.69 Å². The molecule has 1 aromatic rings. The Hall–Kier alpha value is -1.19. The smallest absolute Gasteiger partial charge is 0.133 e. The van der Waals surface area contributed by atoms with Crippen LogP contribution in [-0.2, 0) is 6.54 Å². The molecular weight excluding hydrogens is 228 g/mol. The molecule has 0 N–H and O–H groups in total. The van der Waals surface area contributed by atoms with Crippen LogP contribution in [0.25, 0.3) is 0 Å². The number of rotatable bonds is 4. The van der Waals surface area contributed by atoms with Crippen LogP contribution in [0.4, 0.5) is 0 Å². The molecule has 0 aliphatic carbocycles. The molecule has 0 aliphatic heterocycles. The van der Waals surface area contributed by atoms with Gasteiger partial charge in [-0.15, -0.1) is 12.6 Å². The van der Waals surface area contributed by atoms with Gasteiger partial charge in [0.05, 0.1) is 30.9 Å². The Morgan fingerprint density at radius 1 is 1.60 bits per heavy atom. The van der Waals surface area contributed by atoms with Crippen molar-refractivity contribution in [2.45, 2.75) is 13.0 Å². The van der Waals surface area contributed by atoms with E-state index in [1.807, 2.05) is 4.90 Å². The zero-order valence-corrected chi connectivity index (χ0v) is 9.71. The number of thiol groups is 1. The lowest BCUT2D eigenvalue weighted by Crippen LogP contribution is -2.27. The van der Waals surface area contributed by atoms with Crippen molar-refractivity contribution in [2.24, 2.45) is 0 Å². The number of thiocarbonyl (C=S) groups is 1. The highest BCUT2D eigenvalue weighted by Crippen LogP contribution is 2.04. The summed E-state index contributed by atoms with van der Waals surface area (Å²) in [5.41, 5.74) is 0.812. The largest absolute Gasteiger partial charge is 0.351 e. The van der Waals surface area contributed by atoms with Gasteiger partial charge in [-0.1, -0.05) is 12.2 Å². The second kappa shape index (κ2) is 6.32. The Bertz CT molecular complexity index is 360. The van der Waals surface area contributed by atoms with Gasteiger partial charge in [0.1, 0.15) is 4.32 Å². The first-order chi connectivity index (χ1) is 7.24. The van der Waals surface area contributed by atoms with Crippen molar-refractivity contribution in [3.63, 3.8) is 0 Å². The molecule has 1 aromatic heterocycles. The minimum atomic E-state index is 0.418. The van der Waals surface area contributed by atoms with Crippen LogP contribution in [0.2, 0.25) is 0 Å². The summed E-state index contributed by atoms with van der Waals surface area (Å²) in [6, 6.07) is 2.07. The van der Waals surface area contributed by atoms with Crippen LogP contribution in [0, 0.1) is 11.3 Å². The molecule has 1 heterocycles. The summed E-state index contributed by atoms with van der Waals surface area (Å²) >= 11 is 9.06. The molecular formula is C9H10N4S2. The average Bonchev–Trinajstić information content (AvgIpc) is 2.25. The van der Waals surface area contributed by atoms with Crippen LogP contribution in [0.5, 0.6) is 0 Å².